The maximum absolute atomic E-state index is 7.72. The number of nitrogens with one attached hydrogen (secondary N) is 3. The largest absolute Gasteiger partial charge is 3.00 e. The fourth-order valence-electron chi connectivity index (χ4n) is 0. The van der Waals surface area contributed by atoms with Gasteiger partial charge in [-0.3, -0.25) is 0 Å². The first-order chi connectivity index (χ1) is 5.20. The van der Waals surface area contributed by atoms with E-state index in [1.54, 1.807) is 0 Å². The summed E-state index contributed by atoms with van der Waals surface area (Å²) in [6, 6.07) is 0. The van der Waals surface area contributed by atoms with Crippen LogP contribution in [0.3, 0.4) is 0 Å². The Kier molecular flexibility index (Phi) is 33.3. The van der Waals surface area contributed by atoms with Crippen molar-refractivity contribution in [3.8, 4) is 0 Å². The van der Waals surface area contributed by atoms with E-state index >= 15 is 0 Å². The van der Waals surface area contributed by atoms with Crippen LogP contribution in [0.5, 0.6) is 0 Å². The third-order valence-corrected chi connectivity index (χ3v) is 0. The number of hydrogen-bond donors (Lipinski definition) is 3. The summed E-state index contributed by atoms with van der Waals surface area (Å²) in [6.45, 7) is 4.17. The first-order valence-corrected chi connectivity index (χ1v) is 3.37. The Morgan fingerprint density at radius 1 is 0.692 bits per heavy atom. The molecule has 0 aliphatic carbocycles. The van der Waals surface area contributed by atoms with E-state index in [9.17, 15) is 0 Å². The smallest absolute Gasteiger partial charge is 0.652 e. The molecule has 0 aromatic carbocycles. The molecule has 0 aromatic rings. The predicted octanol–water partition coefficient (Wildman–Crippen LogP) is 1.13. The van der Waals surface area contributed by atoms with E-state index in [4.69, 9.17) is 32.5 Å². The van der Waals surface area contributed by atoms with Crippen LogP contribution in [0.25, 0.3) is 17.2 Å². The minimum atomic E-state index is -0.917. The summed E-state index contributed by atoms with van der Waals surface area (Å²) in [5.74, 6) is 0. The van der Waals surface area contributed by atoms with Crippen LogP contribution in [-0.4, -0.2) is 34.0 Å². The van der Waals surface area contributed by atoms with Gasteiger partial charge in [0, 0.05) is 0 Å². The first-order valence-electron chi connectivity index (χ1n) is 3.37. The summed E-state index contributed by atoms with van der Waals surface area (Å²) < 4.78 is 0. The average Bonchev–Trinajstić information content (AvgIpc) is 1.54. The summed E-state index contributed by atoms with van der Waals surface area (Å²) in [6.07, 6.45) is -2.75. The molecule has 0 fully saturated rings. The standard InChI is InChI=1S/3C2H6NO.Zr/c3*1-2(3)4;/h3*2-4H,1H3;/q3*-1;+3. The third kappa shape index (κ3) is 3460. The zero-order valence-corrected chi connectivity index (χ0v) is 10.5. The van der Waals surface area contributed by atoms with Gasteiger partial charge in [-0.1, -0.05) is 20.8 Å². The van der Waals surface area contributed by atoms with Crippen LogP contribution in [0.1, 0.15) is 20.8 Å². The van der Waals surface area contributed by atoms with Gasteiger partial charge in [0.25, 0.3) is 0 Å². The molecule has 0 saturated heterocycles. The molecule has 7 heteroatoms. The Balaban J connectivity index is -0.0000000450. The zero-order chi connectivity index (χ0) is 10.7. The first kappa shape index (κ1) is 23.5. The van der Waals surface area contributed by atoms with Crippen molar-refractivity contribution in [1.82, 2.24) is 0 Å². The number of aliphatic hydroxyl groups is 3. The van der Waals surface area contributed by atoms with Gasteiger partial charge in [-0.25, -0.2) is 0 Å². The topological polar surface area (TPSA) is 132 Å². The van der Waals surface area contributed by atoms with Gasteiger partial charge < -0.3 is 32.5 Å². The van der Waals surface area contributed by atoms with Crippen molar-refractivity contribution in [3.63, 3.8) is 0 Å². The molecule has 0 heterocycles. The van der Waals surface area contributed by atoms with Gasteiger partial charge in [0.1, 0.15) is 0 Å². The molecule has 0 bridgehead atoms. The maximum Gasteiger partial charge on any atom is 3.00 e. The number of hydrogen-bond acceptors (Lipinski definition) is 3. The minimum Gasteiger partial charge on any atom is -0.652 e. The Hall–Kier alpha value is 0.643. The van der Waals surface area contributed by atoms with Crippen LogP contribution < -0.4 is 0 Å². The summed E-state index contributed by atoms with van der Waals surface area (Å²) in [4.78, 5) is 0. The maximum atomic E-state index is 7.72. The quantitative estimate of drug-likeness (QED) is 0.610. The summed E-state index contributed by atoms with van der Waals surface area (Å²) >= 11 is 0. The summed E-state index contributed by atoms with van der Waals surface area (Å²) in [5.41, 5.74) is 18.4. The Bertz CT molecular complexity index is 51.6. The Labute approximate surface area is 98.2 Å². The van der Waals surface area contributed by atoms with Gasteiger partial charge in [0.15, 0.2) is 0 Å². The van der Waals surface area contributed by atoms with Crippen molar-refractivity contribution >= 4 is 0 Å². The molecule has 79 valence electrons. The fraction of sp³-hybridized carbons (Fsp3) is 1.00. The second-order valence-electron chi connectivity index (χ2n) is 2.03. The molecule has 0 spiro atoms. The number of rotatable bonds is 0. The van der Waals surface area contributed by atoms with Crippen molar-refractivity contribution in [3.05, 3.63) is 17.2 Å². The van der Waals surface area contributed by atoms with Crippen molar-refractivity contribution in [1.29, 1.82) is 0 Å². The Morgan fingerprint density at radius 3 is 0.692 bits per heavy atom. The molecule has 0 aliphatic rings. The van der Waals surface area contributed by atoms with Crippen molar-refractivity contribution in [2.45, 2.75) is 39.5 Å². The van der Waals surface area contributed by atoms with Crippen LogP contribution in [0, 0.1) is 0 Å². The van der Waals surface area contributed by atoms with Gasteiger partial charge in [-0.2, -0.15) is 0 Å². The molecule has 0 amide bonds. The Morgan fingerprint density at radius 2 is 0.692 bits per heavy atom. The molecule has 13 heavy (non-hydrogen) atoms. The third-order valence-electron chi connectivity index (χ3n) is 0. The second-order valence-corrected chi connectivity index (χ2v) is 2.03. The van der Waals surface area contributed by atoms with E-state index in [0.29, 0.717) is 0 Å². The average molecular weight is 271 g/mol. The number of aliphatic hydroxyl groups excluding tert-OH is 3. The molecular formula is C6H18N3O3Zr. The monoisotopic (exact) mass is 270 g/mol. The van der Waals surface area contributed by atoms with Crippen LogP contribution in [-0.2, 0) is 26.2 Å². The summed E-state index contributed by atoms with van der Waals surface area (Å²) in [7, 11) is 0. The minimum absolute atomic E-state index is 0. The molecule has 0 saturated carbocycles. The van der Waals surface area contributed by atoms with Crippen LogP contribution in [0.2, 0.25) is 0 Å². The molecular weight excluding hydrogens is 253 g/mol. The zero-order valence-electron chi connectivity index (χ0n) is 8.07. The van der Waals surface area contributed by atoms with Gasteiger partial charge in [0.2, 0.25) is 0 Å². The van der Waals surface area contributed by atoms with Gasteiger partial charge in [0.05, 0.1) is 0 Å². The van der Waals surface area contributed by atoms with E-state index < -0.39 is 18.7 Å². The van der Waals surface area contributed by atoms with E-state index in [0.717, 1.165) is 0 Å². The molecule has 3 atom stereocenters. The fourth-order valence-corrected chi connectivity index (χ4v) is 0. The van der Waals surface area contributed by atoms with E-state index in [2.05, 4.69) is 0 Å². The molecule has 6 N–H and O–H groups in total. The molecule has 0 aromatic heterocycles. The van der Waals surface area contributed by atoms with Crippen LogP contribution >= 0.6 is 0 Å². The molecule has 0 rings (SSSR count). The van der Waals surface area contributed by atoms with E-state index in [1.165, 1.54) is 20.8 Å². The van der Waals surface area contributed by atoms with Crippen LogP contribution in [0.15, 0.2) is 0 Å². The van der Waals surface area contributed by atoms with Gasteiger partial charge in [-0.15, -0.1) is 0 Å². The van der Waals surface area contributed by atoms with E-state index in [-0.39, 0.29) is 26.2 Å². The van der Waals surface area contributed by atoms with Crippen molar-refractivity contribution < 1.29 is 41.5 Å². The van der Waals surface area contributed by atoms with Crippen molar-refractivity contribution in [2.75, 3.05) is 0 Å². The molecule has 3 unspecified atom stereocenters. The normalized spacial score (nSPS) is 14.5. The predicted molar refractivity (Wildman–Crippen MR) is 48.0 cm³/mol. The van der Waals surface area contributed by atoms with Gasteiger partial charge >= 0.3 is 26.2 Å². The SMILES string of the molecule is CC([NH-])O.CC([NH-])O.CC([NH-])O.[Zr+3]. The van der Waals surface area contributed by atoms with Crippen molar-refractivity contribution in [2.24, 2.45) is 0 Å². The molecule has 6 nitrogen and oxygen atoms in total. The molecule has 1 radical (unpaired) electrons. The van der Waals surface area contributed by atoms with E-state index in [1.807, 2.05) is 0 Å². The van der Waals surface area contributed by atoms with Crippen LogP contribution in [0.4, 0.5) is 0 Å². The summed E-state index contributed by atoms with van der Waals surface area (Å²) in [5, 5.41) is 23.2. The molecule has 0 aliphatic heterocycles. The second kappa shape index (κ2) is 18.4. The van der Waals surface area contributed by atoms with Gasteiger partial charge in [-0.05, 0) is 18.7 Å².